The summed E-state index contributed by atoms with van der Waals surface area (Å²) in [6, 6.07) is 16.7. The lowest BCUT2D eigenvalue weighted by molar-refractivity contribution is -0.139. The molecule has 2 aliphatic rings. The Hall–Kier alpha value is -2.39. The molecule has 0 saturated carbocycles. The van der Waals surface area contributed by atoms with Gasteiger partial charge in [0.2, 0.25) is 0 Å². The molecule has 1 aliphatic heterocycles. The standard InChI is InChI=1S/C20H18O3/c1-13(20(21)23-12-14-11-22-14)10-19-17-8-4-2-6-15(17)16-7-3-5-9-18(16)19/h2-10,14,19H,11-12H2,1H3. The summed E-state index contributed by atoms with van der Waals surface area (Å²) in [6.07, 6.45) is 2.11. The molecule has 3 nitrogen and oxygen atoms in total. The molecule has 116 valence electrons. The Morgan fingerprint density at radius 3 is 2.26 bits per heavy atom. The van der Waals surface area contributed by atoms with Crippen LogP contribution in [0.2, 0.25) is 0 Å². The molecule has 1 aliphatic carbocycles. The fourth-order valence-electron chi connectivity index (χ4n) is 3.14. The van der Waals surface area contributed by atoms with Crippen LogP contribution in [-0.4, -0.2) is 25.3 Å². The third kappa shape index (κ3) is 2.68. The molecule has 1 unspecified atom stereocenters. The first-order chi connectivity index (χ1) is 11.2. The maximum absolute atomic E-state index is 12.1. The van der Waals surface area contributed by atoms with Gasteiger partial charge in [-0.15, -0.1) is 0 Å². The third-order valence-electron chi connectivity index (χ3n) is 4.42. The molecule has 0 N–H and O–H groups in total. The lowest BCUT2D eigenvalue weighted by Crippen LogP contribution is -2.11. The Morgan fingerprint density at radius 2 is 1.70 bits per heavy atom. The van der Waals surface area contributed by atoms with Crippen molar-refractivity contribution in [3.05, 3.63) is 71.3 Å². The zero-order chi connectivity index (χ0) is 15.8. The van der Waals surface area contributed by atoms with Crippen LogP contribution < -0.4 is 0 Å². The molecule has 3 heteroatoms. The molecule has 0 amide bonds. The Bertz CT molecular complexity index is 741. The van der Waals surface area contributed by atoms with E-state index in [1.165, 1.54) is 22.3 Å². The second-order valence-corrected chi connectivity index (χ2v) is 6.06. The van der Waals surface area contributed by atoms with Gasteiger partial charge in [-0.25, -0.2) is 4.79 Å². The number of epoxide rings is 1. The van der Waals surface area contributed by atoms with Crippen LogP contribution in [0.4, 0.5) is 0 Å². The summed E-state index contributed by atoms with van der Waals surface area (Å²) < 4.78 is 10.4. The molecule has 1 heterocycles. The highest BCUT2D eigenvalue weighted by Gasteiger charge is 2.28. The predicted octanol–water partition coefficient (Wildman–Crippen LogP) is 3.69. The molecule has 1 saturated heterocycles. The van der Waals surface area contributed by atoms with Crippen molar-refractivity contribution in [1.82, 2.24) is 0 Å². The van der Waals surface area contributed by atoms with E-state index in [1.807, 2.05) is 25.1 Å². The minimum absolute atomic E-state index is 0.0969. The van der Waals surface area contributed by atoms with Crippen LogP contribution in [0.3, 0.4) is 0 Å². The minimum atomic E-state index is -0.262. The van der Waals surface area contributed by atoms with Crippen molar-refractivity contribution in [2.45, 2.75) is 18.9 Å². The molecule has 1 atom stereocenters. The van der Waals surface area contributed by atoms with Crippen LogP contribution in [-0.2, 0) is 14.3 Å². The van der Waals surface area contributed by atoms with Gasteiger partial charge in [-0.2, -0.15) is 0 Å². The Kier molecular flexibility index (Phi) is 3.50. The number of hydrogen-bond donors (Lipinski definition) is 0. The van der Waals surface area contributed by atoms with Gasteiger partial charge in [-0.3, -0.25) is 0 Å². The molecular formula is C20H18O3. The molecule has 0 spiro atoms. The fraction of sp³-hybridized carbons (Fsp3) is 0.250. The monoisotopic (exact) mass is 306 g/mol. The van der Waals surface area contributed by atoms with Crippen LogP contribution in [0.25, 0.3) is 11.1 Å². The minimum Gasteiger partial charge on any atom is -0.459 e. The van der Waals surface area contributed by atoms with Crippen molar-refractivity contribution in [3.8, 4) is 11.1 Å². The maximum Gasteiger partial charge on any atom is 0.333 e. The van der Waals surface area contributed by atoms with E-state index < -0.39 is 0 Å². The van der Waals surface area contributed by atoms with E-state index in [-0.39, 0.29) is 18.0 Å². The molecular weight excluding hydrogens is 288 g/mol. The molecule has 1 fully saturated rings. The molecule has 0 aromatic heterocycles. The number of fused-ring (bicyclic) bond motifs is 3. The summed E-state index contributed by atoms with van der Waals surface area (Å²) >= 11 is 0. The maximum atomic E-state index is 12.1. The predicted molar refractivity (Wildman–Crippen MR) is 88.2 cm³/mol. The van der Waals surface area contributed by atoms with Gasteiger partial charge >= 0.3 is 5.97 Å². The van der Waals surface area contributed by atoms with Crippen LogP contribution in [0.15, 0.2) is 60.2 Å². The van der Waals surface area contributed by atoms with Crippen LogP contribution in [0.5, 0.6) is 0 Å². The van der Waals surface area contributed by atoms with Crippen molar-refractivity contribution in [1.29, 1.82) is 0 Å². The number of ether oxygens (including phenoxy) is 2. The average Bonchev–Trinajstić information content (AvgIpc) is 3.37. The second-order valence-electron chi connectivity index (χ2n) is 6.06. The van der Waals surface area contributed by atoms with Gasteiger partial charge in [-0.05, 0) is 29.2 Å². The number of carbonyl (C=O) groups excluding carboxylic acids is 1. The number of rotatable bonds is 4. The van der Waals surface area contributed by atoms with E-state index in [9.17, 15) is 4.79 Å². The van der Waals surface area contributed by atoms with E-state index in [1.54, 1.807) is 0 Å². The summed E-state index contributed by atoms with van der Waals surface area (Å²) in [5.74, 6) is -0.158. The highest BCUT2D eigenvalue weighted by Crippen LogP contribution is 2.45. The summed E-state index contributed by atoms with van der Waals surface area (Å²) in [6.45, 7) is 2.86. The summed E-state index contributed by atoms with van der Waals surface area (Å²) in [5.41, 5.74) is 5.62. The normalized spacial score (nSPS) is 19.2. The molecule has 2 aromatic rings. The number of benzene rings is 2. The third-order valence-corrected chi connectivity index (χ3v) is 4.42. The van der Waals surface area contributed by atoms with Crippen LogP contribution >= 0.6 is 0 Å². The summed E-state index contributed by atoms with van der Waals surface area (Å²) in [5, 5.41) is 0. The number of esters is 1. The van der Waals surface area contributed by atoms with E-state index in [0.717, 1.165) is 0 Å². The SMILES string of the molecule is CC(=CC1c2ccccc2-c2ccccc21)C(=O)OCC1CO1. The highest BCUT2D eigenvalue weighted by atomic mass is 16.6. The molecule has 2 aromatic carbocycles. The lowest BCUT2D eigenvalue weighted by Gasteiger charge is -2.10. The smallest absolute Gasteiger partial charge is 0.333 e. The van der Waals surface area contributed by atoms with Gasteiger partial charge in [0, 0.05) is 11.5 Å². The van der Waals surface area contributed by atoms with Gasteiger partial charge in [0.15, 0.2) is 0 Å². The first-order valence-corrected chi connectivity index (χ1v) is 7.89. The van der Waals surface area contributed by atoms with E-state index in [2.05, 4.69) is 36.4 Å². The van der Waals surface area contributed by atoms with Crippen molar-refractivity contribution >= 4 is 5.97 Å². The van der Waals surface area contributed by atoms with Crippen LogP contribution in [0, 0.1) is 0 Å². The molecule has 23 heavy (non-hydrogen) atoms. The first-order valence-electron chi connectivity index (χ1n) is 7.89. The topological polar surface area (TPSA) is 38.8 Å². The fourth-order valence-corrected chi connectivity index (χ4v) is 3.14. The molecule has 0 bridgehead atoms. The zero-order valence-corrected chi connectivity index (χ0v) is 13.0. The number of allylic oxidation sites excluding steroid dienone is 1. The van der Waals surface area contributed by atoms with Crippen molar-refractivity contribution in [3.63, 3.8) is 0 Å². The lowest BCUT2D eigenvalue weighted by atomic mass is 9.95. The molecule has 0 radical (unpaired) electrons. The van der Waals surface area contributed by atoms with Crippen molar-refractivity contribution in [2.75, 3.05) is 13.2 Å². The zero-order valence-electron chi connectivity index (χ0n) is 13.0. The Balaban J connectivity index is 1.65. The first kappa shape index (κ1) is 14.2. The average molecular weight is 306 g/mol. The van der Waals surface area contributed by atoms with Gasteiger partial charge in [-0.1, -0.05) is 54.6 Å². The van der Waals surface area contributed by atoms with Gasteiger partial charge in [0.1, 0.15) is 12.7 Å². The quantitative estimate of drug-likeness (QED) is 0.491. The molecule has 4 rings (SSSR count). The van der Waals surface area contributed by atoms with Gasteiger partial charge in [0.05, 0.1) is 6.61 Å². The second kappa shape index (κ2) is 5.67. The van der Waals surface area contributed by atoms with Crippen molar-refractivity contribution in [2.24, 2.45) is 0 Å². The largest absolute Gasteiger partial charge is 0.459 e. The van der Waals surface area contributed by atoms with E-state index in [0.29, 0.717) is 18.8 Å². The van der Waals surface area contributed by atoms with Gasteiger partial charge in [0.25, 0.3) is 0 Å². The van der Waals surface area contributed by atoms with Crippen molar-refractivity contribution < 1.29 is 14.3 Å². The highest BCUT2D eigenvalue weighted by molar-refractivity contribution is 5.89. The van der Waals surface area contributed by atoms with E-state index >= 15 is 0 Å². The number of carbonyl (C=O) groups is 1. The Morgan fingerprint density at radius 1 is 1.13 bits per heavy atom. The number of hydrogen-bond acceptors (Lipinski definition) is 3. The van der Waals surface area contributed by atoms with Crippen LogP contribution in [0.1, 0.15) is 24.0 Å². The summed E-state index contributed by atoms with van der Waals surface area (Å²) in [7, 11) is 0. The summed E-state index contributed by atoms with van der Waals surface area (Å²) in [4.78, 5) is 12.1. The van der Waals surface area contributed by atoms with E-state index in [4.69, 9.17) is 9.47 Å². The van der Waals surface area contributed by atoms with Gasteiger partial charge < -0.3 is 9.47 Å². The Labute approximate surface area is 135 Å².